The average molecular weight is 167 g/mol. The Hall–Kier alpha value is -0.670. The minimum Gasteiger partial charge on any atom is -0.389 e. The third-order valence-electron chi connectivity index (χ3n) is 1.69. The van der Waals surface area contributed by atoms with Crippen LogP contribution in [0, 0.1) is 0 Å². The van der Waals surface area contributed by atoms with Crippen molar-refractivity contribution >= 4 is 23.5 Å². The van der Waals surface area contributed by atoms with E-state index in [9.17, 15) is 0 Å². The lowest BCUT2D eigenvalue weighted by Crippen LogP contribution is -2.22. The first-order chi connectivity index (χ1) is 5.40. The maximum absolute atomic E-state index is 8.81. The van der Waals surface area contributed by atoms with E-state index in [-0.39, 0.29) is 6.61 Å². The van der Waals surface area contributed by atoms with Crippen LogP contribution in [0.3, 0.4) is 0 Å². The molecule has 3 heteroatoms. The molecule has 1 aliphatic rings. The molecule has 58 valence electrons. The lowest BCUT2D eigenvalue weighted by Gasteiger charge is -1.89. The maximum atomic E-state index is 8.81. The molecule has 2 nitrogen and oxygen atoms in total. The Kier molecular flexibility index (Phi) is 1.75. The molecule has 0 unspecified atom stereocenters. The molecule has 0 bridgehead atoms. The summed E-state index contributed by atoms with van der Waals surface area (Å²) in [5.74, 6) is 0. The molecule has 0 atom stereocenters. The van der Waals surface area contributed by atoms with Crippen molar-refractivity contribution in [1.29, 1.82) is 0 Å². The maximum Gasteiger partial charge on any atom is 0.119 e. The second kappa shape index (κ2) is 2.75. The highest BCUT2D eigenvalue weighted by Crippen LogP contribution is 2.00. The fraction of sp³-hybridized carbons (Fsp3) is 0.375. The third-order valence-corrected chi connectivity index (χ3v) is 2.75. The number of hydrogen-bond acceptors (Lipinski definition) is 3. The topological polar surface area (TPSA) is 33.1 Å². The molecular weight excluding hydrogens is 158 g/mol. The second-order valence-corrected chi connectivity index (χ2v) is 3.62. The molecule has 0 saturated carbocycles. The van der Waals surface area contributed by atoms with Gasteiger partial charge in [-0.1, -0.05) is 12.2 Å². The van der Waals surface area contributed by atoms with Crippen molar-refractivity contribution in [1.82, 2.24) is 4.98 Å². The van der Waals surface area contributed by atoms with E-state index in [0.29, 0.717) is 0 Å². The van der Waals surface area contributed by atoms with Crippen LogP contribution in [0.15, 0.2) is 0 Å². The number of rotatable bonds is 1. The predicted molar refractivity (Wildman–Crippen MR) is 45.5 cm³/mol. The van der Waals surface area contributed by atoms with Crippen LogP contribution in [0.5, 0.6) is 0 Å². The van der Waals surface area contributed by atoms with Gasteiger partial charge in [-0.3, -0.25) is 0 Å². The molecular formula is C8H9NOS. The first kappa shape index (κ1) is 7.00. The fourth-order valence-corrected chi connectivity index (χ4v) is 2.08. The van der Waals surface area contributed by atoms with Crippen molar-refractivity contribution in [3.05, 3.63) is 14.9 Å². The number of thiazole rings is 1. The molecule has 1 N–H and O–H groups in total. The van der Waals surface area contributed by atoms with Crippen molar-refractivity contribution in [2.75, 3.05) is 0 Å². The predicted octanol–water partition coefficient (Wildman–Crippen LogP) is -0.00980. The zero-order valence-corrected chi connectivity index (χ0v) is 6.90. The molecule has 11 heavy (non-hydrogen) atoms. The lowest BCUT2D eigenvalue weighted by atomic mass is 10.2. The summed E-state index contributed by atoms with van der Waals surface area (Å²) in [6.07, 6.45) is 6.51. The van der Waals surface area contributed by atoms with Crippen molar-refractivity contribution in [2.45, 2.75) is 19.4 Å². The standard InChI is InChI=1S/C8H9NOS/c10-5-8-9-6-3-1-2-4-7(6)11-8/h3-4,10H,1-2,5H2. The largest absolute Gasteiger partial charge is 0.389 e. The van der Waals surface area contributed by atoms with E-state index in [2.05, 4.69) is 17.1 Å². The molecule has 0 aliphatic heterocycles. The highest BCUT2D eigenvalue weighted by atomic mass is 32.1. The van der Waals surface area contributed by atoms with Gasteiger partial charge in [-0.05, 0) is 12.8 Å². The zero-order chi connectivity index (χ0) is 7.68. The number of hydrogen-bond donors (Lipinski definition) is 1. The first-order valence-corrected chi connectivity index (χ1v) is 4.49. The van der Waals surface area contributed by atoms with Crippen molar-refractivity contribution in [2.24, 2.45) is 0 Å². The number of aliphatic hydroxyl groups is 1. The fourth-order valence-electron chi connectivity index (χ4n) is 1.19. The van der Waals surface area contributed by atoms with Crippen LogP contribution >= 0.6 is 11.3 Å². The van der Waals surface area contributed by atoms with Gasteiger partial charge in [0.1, 0.15) is 5.01 Å². The summed E-state index contributed by atoms with van der Waals surface area (Å²) in [5.41, 5.74) is 0. The van der Waals surface area contributed by atoms with Gasteiger partial charge >= 0.3 is 0 Å². The summed E-state index contributed by atoms with van der Waals surface area (Å²) in [6, 6.07) is 0. The SMILES string of the molecule is OCc1nc2c(s1)=CCCC=2. The van der Waals surface area contributed by atoms with E-state index in [1.165, 1.54) is 4.53 Å². The Morgan fingerprint density at radius 2 is 2.27 bits per heavy atom. The van der Waals surface area contributed by atoms with E-state index in [1.807, 2.05) is 0 Å². The van der Waals surface area contributed by atoms with Crippen molar-refractivity contribution in [3.63, 3.8) is 0 Å². The number of nitrogens with zero attached hydrogens (tertiary/aromatic N) is 1. The van der Waals surface area contributed by atoms with Crippen LogP contribution in [-0.4, -0.2) is 10.1 Å². The van der Waals surface area contributed by atoms with Gasteiger partial charge in [0.25, 0.3) is 0 Å². The van der Waals surface area contributed by atoms with Crippen LogP contribution in [0.2, 0.25) is 0 Å². The van der Waals surface area contributed by atoms with Gasteiger partial charge in [0.15, 0.2) is 0 Å². The second-order valence-electron chi connectivity index (χ2n) is 2.50. The highest BCUT2D eigenvalue weighted by Gasteiger charge is 2.00. The van der Waals surface area contributed by atoms with Crippen LogP contribution in [0.1, 0.15) is 17.8 Å². The molecule has 0 radical (unpaired) electrons. The molecule has 0 fully saturated rings. The Balaban J connectivity index is 2.66. The third kappa shape index (κ3) is 1.21. The Morgan fingerprint density at radius 1 is 1.45 bits per heavy atom. The van der Waals surface area contributed by atoms with Crippen molar-refractivity contribution < 1.29 is 5.11 Å². The molecule has 0 amide bonds. The highest BCUT2D eigenvalue weighted by molar-refractivity contribution is 7.09. The lowest BCUT2D eigenvalue weighted by molar-refractivity contribution is 0.281. The molecule has 1 aromatic heterocycles. The van der Waals surface area contributed by atoms with Crippen LogP contribution in [-0.2, 0) is 6.61 Å². The molecule has 0 spiro atoms. The number of aliphatic hydroxyl groups excluding tert-OH is 1. The van der Waals surface area contributed by atoms with E-state index in [1.54, 1.807) is 11.3 Å². The van der Waals surface area contributed by atoms with Gasteiger partial charge in [0.05, 0.1) is 16.5 Å². The summed E-state index contributed by atoms with van der Waals surface area (Å²) in [5, 5.41) is 10.7. The van der Waals surface area contributed by atoms with Gasteiger partial charge < -0.3 is 5.11 Å². The van der Waals surface area contributed by atoms with Gasteiger partial charge in [-0.25, -0.2) is 4.98 Å². The Labute approximate surface area is 68.5 Å². The van der Waals surface area contributed by atoms with E-state index in [4.69, 9.17) is 5.11 Å². The van der Waals surface area contributed by atoms with E-state index >= 15 is 0 Å². The molecule has 1 aromatic rings. The van der Waals surface area contributed by atoms with Gasteiger partial charge in [0, 0.05) is 0 Å². The first-order valence-electron chi connectivity index (χ1n) is 3.67. The summed E-state index contributed by atoms with van der Waals surface area (Å²) < 4.78 is 1.22. The summed E-state index contributed by atoms with van der Waals surface area (Å²) in [7, 11) is 0. The normalized spacial score (nSPS) is 15.0. The minimum absolute atomic E-state index is 0.0688. The smallest absolute Gasteiger partial charge is 0.119 e. The quantitative estimate of drug-likeness (QED) is 0.638. The molecule has 0 aromatic carbocycles. The Morgan fingerprint density at radius 3 is 3.00 bits per heavy atom. The van der Waals surface area contributed by atoms with Crippen LogP contribution < -0.4 is 9.88 Å². The van der Waals surface area contributed by atoms with Crippen LogP contribution in [0.4, 0.5) is 0 Å². The molecule has 1 aliphatic carbocycles. The molecule has 2 rings (SSSR count). The monoisotopic (exact) mass is 167 g/mol. The number of aromatic nitrogens is 1. The molecule has 0 saturated heterocycles. The number of fused-ring (bicyclic) bond motifs is 1. The van der Waals surface area contributed by atoms with Gasteiger partial charge in [0.2, 0.25) is 0 Å². The van der Waals surface area contributed by atoms with Crippen LogP contribution in [0.25, 0.3) is 12.2 Å². The summed E-state index contributed by atoms with van der Waals surface area (Å²) >= 11 is 1.59. The van der Waals surface area contributed by atoms with Crippen molar-refractivity contribution in [3.8, 4) is 0 Å². The minimum atomic E-state index is 0.0688. The summed E-state index contributed by atoms with van der Waals surface area (Å²) in [6.45, 7) is 0.0688. The van der Waals surface area contributed by atoms with Gasteiger partial charge in [-0.2, -0.15) is 0 Å². The molecule has 1 heterocycles. The Bertz CT molecular complexity index is 332. The van der Waals surface area contributed by atoms with E-state index < -0.39 is 0 Å². The van der Waals surface area contributed by atoms with E-state index in [0.717, 1.165) is 23.2 Å². The summed E-state index contributed by atoms with van der Waals surface area (Å²) in [4.78, 5) is 4.25. The zero-order valence-electron chi connectivity index (χ0n) is 6.08. The van der Waals surface area contributed by atoms with Gasteiger partial charge in [-0.15, -0.1) is 11.3 Å². The average Bonchev–Trinajstić information content (AvgIpc) is 2.46.